The molecule has 32 heavy (non-hydrogen) atoms. The minimum Gasteiger partial charge on any atom is -0.507 e. The van der Waals surface area contributed by atoms with Gasteiger partial charge in [0.2, 0.25) is 0 Å². The van der Waals surface area contributed by atoms with Crippen molar-refractivity contribution in [3.8, 4) is 0 Å². The SMILES string of the molecule is CC=CC(Cn1cc(Cc2ccc(F)cc2F)cc(C(O)=CC(=O)C(=O)O)c1=O)=C(C)F. The first-order valence-corrected chi connectivity index (χ1v) is 9.37. The topological polar surface area (TPSA) is 96.6 Å². The van der Waals surface area contributed by atoms with Gasteiger partial charge >= 0.3 is 5.97 Å². The molecule has 9 heteroatoms. The Morgan fingerprint density at radius 2 is 1.84 bits per heavy atom. The third-order valence-corrected chi connectivity index (χ3v) is 4.46. The van der Waals surface area contributed by atoms with Gasteiger partial charge in [-0.1, -0.05) is 18.2 Å². The lowest BCUT2D eigenvalue weighted by Gasteiger charge is -2.13. The summed E-state index contributed by atoms with van der Waals surface area (Å²) in [4.78, 5) is 35.0. The highest BCUT2D eigenvalue weighted by molar-refractivity contribution is 6.38. The predicted octanol–water partition coefficient (Wildman–Crippen LogP) is 4.09. The molecule has 0 atom stereocenters. The summed E-state index contributed by atoms with van der Waals surface area (Å²) >= 11 is 0. The highest BCUT2D eigenvalue weighted by atomic mass is 19.1. The second kappa shape index (κ2) is 10.4. The van der Waals surface area contributed by atoms with Crippen LogP contribution < -0.4 is 5.56 Å². The molecule has 2 N–H and O–H groups in total. The van der Waals surface area contributed by atoms with Crippen molar-refractivity contribution >= 4 is 17.5 Å². The molecule has 6 nitrogen and oxygen atoms in total. The van der Waals surface area contributed by atoms with Gasteiger partial charge in [-0.15, -0.1) is 0 Å². The lowest BCUT2D eigenvalue weighted by atomic mass is 10.0. The van der Waals surface area contributed by atoms with E-state index in [2.05, 4.69) is 0 Å². The summed E-state index contributed by atoms with van der Waals surface area (Å²) in [6.45, 7) is 2.59. The van der Waals surface area contributed by atoms with E-state index >= 15 is 0 Å². The van der Waals surface area contributed by atoms with Gasteiger partial charge < -0.3 is 14.8 Å². The summed E-state index contributed by atoms with van der Waals surface area (Å²) in [5, 5.41) is 18.9. The normalized spacial score (nSPS) is 12.7. The average molecular weight is 447 g/mol. The molecule has 0 aliphatic rings. The summed E-state index contributed by atoms with van der Waals surface area (Å²) in [6, 6.07) is 4.11. The van der Waals surface area contributed by atoms with Crippen LogP contribution in [0, 0.1) is 11.6 Å². The minimum atomic E-state index is -1.84. The monoisotopic (exact) mass is 447 g/mol. The van der Waals surface area contributed by atoms with Crippen molar-refractivity contribution in [2.24, 2.45) is 0 Å². The summed E-state index contributed by atoms with van der Waals surface area (Å²) < 4.78 is 42.2. The molecule has 1 heterocycles. The van der Waals surface area contributed by atoms with Crippen LogP contribution in [0.15, 0.2) is 64.9 Å². The first-order chi connectivity index (χ1) is 15.0. The maximum absolute atomic E-state index is 14.1. The molecule has 0 radical (unpaired) electrons. The van der Waals surface area contributed by atoms with Crippen molar-refractivity contribution in [1.29, 1.82) is 0 Å². The number of carbonyl (C=O) groups excluding carboxylic acids is 1. The molecule has 0 spiro atoms. The fourth-order valence-corrected chi connectivity index (χ4v) is 2.91. The van der Waals surface area contributed by atoms with E-state index in [-0.39, 0.29) is 29.7 Å². The van der Waals surface area contributed by atoms with Crippen LogP contribution in [0.5, 0.6) is 0 Å². The molecule has 1 aromatic carbocycles. The molecule has 2 rings (SSSR count). The van der Waals surface area contributed by atoms with E-state index in [0.29, 0.717) is 12.1 Å². The van der Waals surface area contributed by atoms with Crippen LogP contribution in [0.1, 0.15) is 30.5 Å². The van der Waals surface area contributed by atoms with Gasteiger partial charge in [-0.3, -0.25) is 9.59 Å². The quantitative estimate of drug-likeness (QED) is 0.275. The van der Waals surface area contributed by atoms with Gasteiger partial charge in [0.25, 0.3) is 11.3 Å². The molecule has 0 aliphatic carbocycles. The van der Waals surface area contributed by atoms with Gasteiger partial charge in [0.1, 0.15) is 23.2 Å². The standard InChI is InChI=1S/C23H20F3NO5/c1-3-4-16(13(2)24)12-27-11-14(7-15-5-6-17(25)9-19(15)26)8-18(22(27)30)20(28)10-21(29)23(31)32/h3-6,8-11,28H,7,12H2,1-2H3,(H,31,32). The number of hydrogen-bond acceptors (Lipinski definition) is 4. The van der Waals surface area contributed by atoms with E-state index in [1.807, 2.05) is 0 Å². The largest absolute Gasteiger partial charge is 0.507 e. The van der Waals surface area contributed by atoms with Gasteiger partial charge in [0, 0.05) is 30.3 Å². The Labute approximate surface area is 181 Å². The molecular weight excluding hydrogens is 427 g/mol. The van der Waals surface area contributed by atoms with Crippen molar-refractivity contribution < 1.29 is 33.0 Å². The maximum atomic E-state index is 14.1. The number of aromatic nitrogens is 1. The Morgan fingerprint density at radius 1 is 1.16 bits per heavy atom. The second-order valence-electron chi connectivity index (χ2n) is 6.87. The Morgan fingerprint density at radius 3 is 2.41 bits per heavy atom. The van der Waals surface area contributed by atoms with E-state index in [9.17, 15) is 32.7 Å². The highest BCUT2D eigenvalue weighted by Gasteiger charge is 2.17. The van der Waals surface area contributed by atoms with Crippen LogP contribution in [-0.4, -0.2) is 26.5 Å². The van der Waals surface area contributed by atoms with Gasteiger partial charge in [0.05, 0.1) is 12.1 Å². The Balaban J connectivity index is 2.65. The summed E-state index contributed by atoms with van der Waals surface area (Å²) in [5.41, 5.74) is -0.766. The molecule has 0 aliphatic heterocycles. The number of aliphatic hydroxyl groups is 1. The molecule has 0 bridgehead atoms. The van der Waals surface area contributed by atoms with Crippen molar-refractivity contribution in [1.82, 2.24) is 4.57 Å². The lowest BCUT2D eigenvalue weighted by molar-refractivity contribution is -0.146. The zero-order valence-corrected chi connectivity index (χ0v) is 17.2. The molecule has 0 amide bonds. The molecule has 0 unspecified atom stereocenters. The fraction of sp³-hybridized carbons (Fsp3) is 0.174. The van der Waals surface area contributed by atoms with E-state index in [4.69, 9.17) is 5.11 Å². The number of ketones is 1. The molecule has 168 valence electrons. The van der Waals surface area contributed by atoms with Crippen LogP contribution in [0.25, 0.3) is 5.76 Å². The first-order valence-electron chi connectivity index (χ1n) is 9.37. The van der Waals surface area contributed by atoms with Crippen molar-refractivity contribution in [3.63, 3.8) is 0 Å². The van der Waals surface area contributed by atoms with E-state index < -0.39 is 46.1 Å². The van der Waals surface area contributed by atoms with Crippen molar-refractivity contribution in [2.75, 3.05) is 0 Å². The summed E-state index contributed by atoms with van der Waals surface area (Å²) in [6.07, 6.45) is 4.56. The number of pyridine rings is 1. The molecule has 0 saturated heterocycles. The Bertz CT molecular complexity index is 1200. The number of halogens is 3. The third-order valence-electron chi connectivity index (χ3n) is 4.46. The van der Waals surface area contributed by atoms with Crippen LogP contribution >= 0.6 is 0 Å². The van der Waals surface area contributed by atoms with E-state index in [1.165, 1.54) is 25.3 Å². The van der Waals surface area contributed by atoms with Crippen LogP contribution in [0.2, 0.25) is 0 Å². The number of aliphatic hydroxyl groups excluding tert-OH is 1. The minimum absolute atomic E-state index is 0.0820. The number of aliphatic carboxylic acids is 1. The Kier molecular flexibility index (Phi) is 7.95. The summed E-state index contributed by atoms with van der Waals surface area (Å²) in [7, 11) is 0. The molecule has 2 aromatic rings. The number of allylic oxidation sites excluding steroid dienone is 4. The van der Waals surface area contributed by atoms with E-state index in [1.54, 1.807) is 13.0 Å². The summed E-state index contributed by atoms with van der Waals surface area (Å²) in [5.74, 6) is -6.38. The van der Waals surface area contributed by atoms with Gasteiger partial charge in [-0.25, -0.2) is 18.0 Å². The number of carbonyl (C=O) groups is 2. The number of carboxylic acid groups (broad SMARTS) is 1. The van der Waals surface area contributed by atoms with Crippen LogP contribution in [-0.2, 0) is 22.6 Å². The van der Waals surface area contributed by atoms with Crippen LogP contribution in [0.4, 0.5) is 13.2 Å². The average Bonchev–Trinajstić information content (AvgIpc) is 2.71. The number of rotatable bonds is 8. The zero-order valence-electron chi connectivity index (χ0n) is 17.2. The lowest BCUT2D eigenvalue weighted by Crippen LogP contribution is -2.25. The Hall–Kier alpha value is -3.88. The molecule has 0 fully saturated rings. The molecule has 1 aromatic heterocycles. The predicted molar refractivity (Wildman–Crippen MR) is 112 cm³/mol. The third kappa shape index (κ3) is 6.07. The highest BCUT2D eigenvalue weighted by Crippen LogP contribution is 2.18. The van der Waals surface area contributed by atoms with Crippen molar-refractivity contribution in [3.05, 3.63) is 98.8 Å². The number of hydrogen-bond donors (Lipinski definition) is 2. The number of carboxylic acids is 1. The van der Waals surface area contributed by atoms with Gasteiger partial charge in [0.15, 0.2) is 0 Å². The van der Waals surface area contributed by atoms with E-state index in [0.717, 1.165) is 16.7 Å². The van der Waals surface area contributed by atoms with Gasteiger partial charge in [-0.05, 0) is 37.1 Å². The van der Waals surface area contributed by atoms with Crippen LogP contribution in [0.3, 0.4) is 0 Å². The molecule has 0 saturated carbocycles. The number of nitrogens with zero attached hydrogens (tertiary/aromatic N) is 1. The zero-order chi connectivity index (χ0) is 24.0. The maximum Gasteiger partial charge on any atom is 0.376 e. The first kappa shape index (κ1) is 24.4. The van der Waals surface area contributed by atoms with Crippen molar-refractivity contribution in [2.45, 2.75) is 26.8 Å². The second-order valence-corrected chi connectivity index (χ2v) is 6.87. The van der Waals surface area contributed by atoms with Gasteiger partial charge in [-0.2, -0.15) is 0 Å². The molecular formula is C23H20F3NO5. The number of benzene rings is 1. The fourth-order valence-electron chi connectivity index (χ4n) is 2.91. The smallest absolute Gasteiger partial charge is 0.376 e.